The number of fused-ring (bicyclic) bond motifs is 1. The normalized spacial score (nSPS) is 10.7. The van der Waals surface area contributed by atoms with E-state index in [1.54, 1.807) is 21.6 Å². The third kappa shape index (κ3) is 4.73. The van der Waals surface area contributed by atoms with Gasteiger partial charge in [0.25, 0.3) is 5.56 Å². The van der Waals surface area contributed by atoms with Crippen molar-refractivity contribution in [2.45, 2.75) is 25.4 Å². The number of carbonyl (C=O) groups excluding carboxylic acids is 1. The summed E-state index contributed by atoms with van der Waals surface area (Å²) >= 11 is 1.23. The van der Waals surface area contributed by atoms with Crippen molar-refractivity contribution in [3.05, 3.63) is 94.3 Å². The summed E-state index contributed by atoms with van der Waals surface area (Å²) in [4.78, 5) is 33.2. The van der Waals surface area contributed by atoms with Crippen LogP contribution in [0.2, 0.25) is 0 Å². The summed E-state index contributed by atoms with van der Waals surface area (Å²) in [6.07, 6.45) is 0.229. The Bertz CT molecular complexity index is 1420. The van der Waals surface area contributed by atoms with Gasteiger partial charge in [0.1, 0.15) is 0 Å². The second kappa shape index (κ2) is 10.4. The van der Waals surface area contributed by atoms with Crippen molar-refractivity contribution in [1.82, 2.24) is 9.55 Å². The van der Waals surface area contributed by atoms with Crippen molar-refractivity contribution in [1.29, 1.82) is 5.26 Å². The highest BCUT2D eigenvalue weighted by Crippen LogP contribution is 2.26. The van der Waals surface area contributed by atoms with Gasteiger partial charge in [0.2, 0.25) is 5.91 Å². The van der Waals surface area contributed by atoms with Gasteiger partial charge in [0, 0.05) is 12.2 Å². The van der Waals surface area contributed by atoms with Gasteiger partial charge in [0.05, 0.1) is 34.8 Å². The minimum absolute atomic E-state index is 0.0794. The van der Waals surface area contributed by atoms with E-state index in [0.717, 1.165) is 22.5 Å². The fourth-order valence-electron chi connectivity index (χ4n) is 3.94. The van der Waals surface area contributed by atoms with E-state index in [-0.39, 0.29) is 23.6 Å². The molecule has 0 fully saturated rings. The predicted molar refractivity (Wildman–Crippen MR) is 137 cm³/mol. The molecular weight excluding hydrogens is 444 g/mol. The molecule has 0 aliphatic heterocycles. The number of anilines is 1. The number of amides is 1. The van der Waals surface area contributed by atoms with Gasteiger partial charge in [0.15, 0.2) is 5.16 Å². The Kier molecular flexibility index (Phi) is 7.09. The number of thioether (sulfide) groups is 1. The number of para-hydroxylation sites is 3. The monoisotopic (exact) mass is 468 g/mol. The lowest BCUT2D eigenvalue weighted by Crippen LogP contribution is -2.33. The quantitative estimate of drug-likeness (QED) is 0.280. The molecule has 0 aliphatic rings. The second-order valence-corrected chi connectivity index (χ2v) is 8.81. The van der Waals surface area contributed by atoms with E-state index in [9.17, 15) is 9.59 Å². The maximum Gasteiger partial charge on any atom is 0.266 e. The van der Waals surface area contributed by atoms with Crippen LogP contribution in [0.4, 0.5) is 5.69 Å². The van der Waals surface area contributed by atoms with Crippen LogP contribution in [0.1, 0.15) is 17.5 Å². The van der Waals surface area contributed by atoms with Gasteiger partial charge in [-0.25, -0.2) is 4.98 Å². The number of benzene rings is 3. The zero-order valence-corrected chi connectivity index (χ0v) is 19.9. The van der Waals surface area contributed by atoms with Gasteiger partial charge in [-0.1, -0.05) is 60.3 Å². The summed E-state index contributed by atoms with van der Waals surface area (Å²) in [5.74, 6) is -0.0716. The number of hydrogen-bond acceptors (Lipinski definition) is 5. The van der Waals surface area contributed by atoms with Crippen LogP contribution in [0, 0.1) is 25.2 Å². The van der Waals surface area contributed by atoms with Crippen LogP contribution in [0.25, 0.3) is 16.6 Å². The van der Waals surface area contributed by atoms with Gasteiger partial charge in [-0.2, -0.15) is 5.26 Å². The number of hydrogen-bond donors (Lipinski definition) is 0. The highest BCUT2D eigenvalue weighted by Gasteiger charge is 2.20. The van der Waals surface area contributed by atoms with Crippen LogP contribution in [-0.2, 0) is 4.79 Å². The van der Waals surface area contributed by atoms with E-state index in [1.165, 1.54) is 11.8 Å². The van der Waals surface area contributed by atoms with Crippen molar-refractivity contribution < 1.29 is 4.79 Å². The van der Waals surface area contributed by atoms with Crippen molar-refractivity contribution in [2.75, 3.05) is 17.2 Å². The fraction of sp³-hybridized carbons (Fsp3) is 0.185. The molecule has 1 amide bonds. The summed E-state index contributed by atoms with van der Waals surface area (Å²) in [7, 11) is 0. The van der Waals surface area contributed by atoms with Crippen LogP contribution in [0.15, 0.2) is 82.7 Å². The standard InChI is InChI=1S/C27H24N4O2S/c1-19-10-8-11-20(2)25(19)31-26(33)22-14-6-7-15-23(22)29-27(31)34-18-24(32)30(17-9-16-28)21-12-4-3-5-13-21/h3-8,10-15H,9,17-18H2,1-2H3. The summed E-state index contributed by atoms with van der Waals surface area (Å²) in [6.45, 7) is 4.22. The Balaban J connectivity index is 1.75. The van der Waals surface area contributed by atoms with Crippen LogP contribution in [-0.4, -0.2) is 27.8 Å². The van der Waals surface area contributed by atoms with E-state index in [1.807, 2.05) is 74.5 Å². The number of rotatable bonds is 7. The average molecular weight is 469 g/mol. The summed E-state index contributed by atoms with van der Waals surface area (Å²) < 4.78 is 1.62. The zero-order valence-electron chi connectivity index (χ0n) is 19.1. The molecule has 7 heteroatoms. The third-order valence-electron chi connectivity index (χ3n) is 5.55. The Hall–Kier alpha value is -3.89. The molecule has 0 bridgehead atoms. The van der Waals surface area contributed by atoms with Gasteiger partial charge in [-0.15, -0.1) is 0 Å². The second-order valence-electron chi connectivity index (χ2n) is 7.87. The maximum atomic E-state index is 13.6. The molecule has 0 saturated carbocycles. The molecule has 0 unspecified atom stereocenters. The smallest absolute Gasteiger partial charge is 0.266 e. The summed E-state index contributed by atoms with van der Waals surface area (Å²) in [5, 5.41) is 10.0. The maximum absolute atomic E-state index is 13.6. The topological polar surface area (TPSA) is 79.0 Å². The van der Waals surface area contributed by atoms with E-state index in [2.05, 4.69) is 6.07 Å². The first kappa shape index (κ1) is 23.3. The SMILES string of the molecule is Cc1cccc(C)c1-n1c(SCC(=O)N(CCC#N)c2ccccc2)nc2ccccc2c1=O. The third-order valence-corrected chi connectivity index (χ3v) is 6.47. The van der Waals surface area contributed by atoms with E-state index < -0.39 is 0 Å². The highest BCUT2D eigenvalue weighted by molar-refractivity contribution is 7.99. The average Bonchev–Trinajstić information content (AvgIpc) is 2.85. The molecule has 34 heavy (non-hydrogen) atoms. The van der Waals surface area contributed by atoms with Crippen LogP contribution < -0.4 is 10.5 Å². The van der Waals surface area contributed by atoms with Crippen molar-refractivity contribution in [3.8, 4) is 11.8 Å². The Morgan fingerprint density at radius 3 is 2.38 bits per heavy atom. The molecule has 3 aromatic carbocycles. The minimum Gasteiger partial charge on any atom is -0.311 e. The molecule has 0 aliphatic carbocycles. The number of aryl methyl sites for hydroxylation is 2. The zero-order chi connectivity index (χ0) is 24.1. The van der Waals surface area contributed by atoms with E-state index in [0.29, 0.717) is 22.6 Å². The minimum atomic E-state index is -0.164. The first-order chi connectivity index (χ1) is 16.5. The van der Waals surface area contributed by atoms with Gasteiger partial charge in [-0.3, -0.25) is 14.2 Å². The molecule has 4 rings (SSSR count). The number of carbonyl (C=O) groups is 1. The Labute approximate surface area is 202 Å². The molecule has 0 N–H and O–H groups in total. The van der Waals surface area contributed by atoms with E-state index in [4.69, 9.17) is 10.2 Å². The largest absolute Gasteiger partial charge is 0.311 e. The predicted octanol–water partition coefficient (Wildman–Crippen LogP) is 5.04. The summed E-state index contributed by atoms with van der Waals surface area (Å²) in [5.41, 5.74) is 3.85. The fourth-order valence-corrected chi connectivity index (χ4v) is 4.81. The van der Waals surface area contributed by atoms with Crippen LogP contribution >= 0.6 is 11.8 Å². The molecule has 1 aromatic heterocycles. The van der Waals surface area contributed by atoms with Gasteiger partial charge < -0.3 is 4.90 Å². The molecule has 4 aromatic rings. The molecule has 170 valence electrons. The molecule has 0 radical (unpaired) electrons. The summed E-state index contributed by atoms with van der Waals surface area (Å²) in [6, 6.07) is 24.5. The molecule has 0 spiro atoms. The highest BCUT2D eigenvalue weighted by atomic mass is 32.2. The molecule has 6 nitrogen and oxygen atoms in total. The number of nitrogens with zero attached hydrogens (tertiary/aromatic N) is 4. The van der Waals surface area contributed by atoms with E-state index >= 15 is 0 Å². The first-order valence-electron chi connectivity index (χ1n) is 10.9. The molecule has 1 heterocycles. The lowest BCUT2D eigenvalue weighted by Gasteiger charge is -2.22. The number of aromatic nitrogens is 2. The van der Waals surface area contributed by atoms with Crippen LogP contribution in [0.3, 0.4) is 0 Å². The van der Waals surface area contributed by atoms with Gasteiger partial charge >= 0.3 is 0 Å². The van der Waals surface area contributed by atoms with Crippen molar-refractivity contribution >= 4 is 34.3 Å². The number of nitriles is 1. The lowest BCUT2D eigenvalue weighted by atomic mass is 10.1. The first-order valence-corrected chi connectivity index (χ1v) is 11.9. The van der Waals surface area contributed by atoms with Crippen molar-refractivity contribution in [2.24, 2.45) is 0 Å². The molecular formula is C27H24N4O2S. The van der Waals surface area contributed by atoms with Crippen LogP contribution in [0.5, 0.6) is 0 Å². The molecule has 0 saturated heterocycles. The Morgan fingerprint density at radius 1 is 1.00 bits per heavy atom. The van der Waals surface area contributed by atoms with Crippen molar-refractivity contribution in [3.63, 3.8) is 0 Å². The molecule has 0 atom stereocenters. The lowest BCUT2D eigenvalue weighted by molar-refractivity contribution is -0.116. The Morgan fingerprint density at radius 2 is 1.68 bits per heavy atom. The van der Waals surface area contributed by atoms with Gasteiger partial charge in [-0.05, 0) is 49.2 Å².